The van der Waals surface area contributed by atoms with Crippen LogP contribution in [0.5, 0.6) is 0 Å². The second-order valence-corrected chi connectivity index (χ2v) is 8.55. The summed E-state index contributed by atoms with van der Waals surface area (Å²) >= 11 is 0. The number of benzene rings is 5. The van der Waals surface area contributed by atoms with Gasteiger partial charge in [0.25, 0.3) is 0 Å². The molecule has 0 radical (unpaired) electrons. The largest absolute Gasteiger partial charge is 0.204 e. The molecule has 224 valence electrons. The average molecular weight is 636 g/mol. The van der Waals surface area contributed by atoms with Crippen molar-refractivity contribution in [2.24, 2.45) is 0 Å². The minimum Gasteiger partial charge on any atom is -0.204 e. The predicted molar refractivity (Wildman–Crippen MR) is 112 cm³/mol. The molecule has 0 saturated carbocycles. The van der Waals surface area contributed by atoms with Crippen molar-refractivity contribution in [2.75, 3.05) is 0 Å². The Bertz CT molecular complexity index is 1960. The van der Waals surface area contributed by atoms with Crippen LogP contribution in [0.3, 0.4) is 0 Å². The fraction of sp³-hybridized carbons (Fsp3) is 0. The van der Waals surface area contributed by atoms with Gasteiger partial charge in [0, 0.05) is 38.7 Å². The van der Waals surface area contributed by atoms with Crippen molar-refractivity contribution < 1.29 is 74.6 Å². The number of hydrogen-bond acceptors (Lipinski definition) is 0. The van der Waals surface area contributed by atoms with E-state index in [1.54, 1.807) is 0 Å². The minimum absolute atomic E-state index is 0.532. The second kappa shape index (κ2) is 9.74. The van der Waals surface area contributed by atoms with Crippen molar-refractivity contribution in [3.63, 3.8) is 0 Å². The van der Waals surface area contributed by atoms with Crippen LogP contribution in [0.2, 0.25) is 0 Å². The normalized spacial score (nSPS) is 11.8. The summed E-state index contributed by atoms with van der Waals surface area (Å²) in [5.74, 6) is -49.2. The zero-order valence-corrected chi connectivity index (χ0v) is 19.5. The number of hydrogen-bond donors (Lipinski definition) is 0. The van der Waals surface area contributed by atoms with Crippen molar-refractivity contribution in [1.29, 1.82) is 0 Å². The van der Waals surface area contributed by atoms with E-state index in [0.717, 1.165) is 0 Å². The van der Waals surface area contributed by atoms with Gasteiger partial charge in [0.2, 0.25) is 5.82 Å². The first-order chi connectivity index (χ1) is 20.0. The first kappa shape index (κ1) is 29.9. The highest BCUT2D eigenvalue weighted by atomic mass is 19.2. The molecule has 0 heterocycles. The molecule has 5 aromatic carbocycles. The maximum Gasteiger partial charge on any atom is 0.200 e. The van der Waals surface area contributed by atoms with Gasteiger partial charge in [0.05, 0.1) is 11.1 Å². The van der Waals surface area contributed by atoms with E-state index < -0.39 is 149 Å². The molecule has 0 aliphatic carbocycles. The molecule has 17 heteroatoms. The Morgan fingerprint density at radius 1 is 0.209 bits per heavy atom. The Morgan fingerprint density at radius 3 is 0.698 bits per heavy atom. The fourth-order valence-corrected chi connectivity index (χ4v) is 4.57. The Labute approximate surface area is 224 Å². The van der Waals surface area contributed by atoms with Crippen LogP contribution in [-0.4, -0.2) is 0 Å². The lowest BCUT2D eigenvalue weighted by Gasteiger charge is -2.22. The van der Waals surface area contributed by atoms with Gasteiger partial charge < -0.3 is 0 Å². The fourth-order valence-electron chi connectivity index (χ4n) is 4.57. The molecule has 0 spiro atoms. The Balaban J connectivity index is 2.35. The van der Waals surface area contributed by atoms with Crippen LogP contribution in [0.25, 0.3) is 43.8 Å². The first-order valence-corrected chi connectivity index (χ1v) is 10.8. The van der Waals surface area contributed by atoms with Crippen molar-refractivity contribution >= 4 is 21.5 Å². The SMILES string of the molecule is Fc1cc(F)c(F)c(-c2c3c(F)c(F)c(F)c(F)c3c(-c3c(F)c(F)c(F)c(F)c3F)c3c(F)c(F)c(F)c(F)c23)c1F. The van der Waals surface area contributed by atoms with Crippen LogP contribution in [-0.2, 0) is 0 Å². The summed E-state index contributed by atoms with van der Waals surface area (Å²) < 4.78 is 249. The maximum absolute atomic E-state index is 15.3. The standard InChI is InChI=1S/C26HF17/c27-2-1-3(28)13(30)10(12(2)29)4-6-8(16(33)22(39)20(37)14(6)31)5(9-7(4)15(32)21(38)23(40)17(9)34)11-18(35)24(41)26(43)25(42)19(11)36/h1H. The molecule has 0 aliphatic rings. The Morgan fingerprint density at radius 2 is 0.419 bits per heavy atom. The molecular formula is C26HF17. The molecule has 0 fully saturated rings. The lowest BCUT2D eigenvalue weighted by molar-refractivity contribution is 0.381. The van der Waals surface area contributed by atoms with E-state index in [2.05, 4.69) is 0 Å². The van der Waals surface area contributed by atoms with Gasteiger partial charge in [-0.3, -0.25) is 0 Å². The molecule has 0 atom stereocenters. The van der Waals surface area contributed by atoms with Crippen LogP contribution in [0.15, 0.2) is 6.07 Å². The summed E-state index contributed by atoms with van der Waals surface area (Å²) in [7, 11) is 0. The lowest BCUT2D eigenvalue weighted by atomic mass is 9.83. The summed E-state index contributed by atoms with van der Waals surface area (Å²) in [6.45, 7) is 0. The molecule has 0 N–H and O–H groups in total. The Hall–Kier alpha value is -4.57. The van der Waals surface area contributed by atoms with Crippen molar-refractivity contribution in [3.8, 4) is 22.3 Å². The molecule has 0 amide bonds. The molecule has 0 saturated heterocycles. The zero-order chi connectivity index (χ0) is 32.1. The molecule has 0 aliphatic heterocycles. The quantitative estimate of drug-likeness (QED) is 0.0784. The number of rotatable bonds is 2. The molecule has 5 aromatic rings. The second-order valence-electron chi connectivity index (χ2n) is 8.55. The van der Waals surface area contributed by atoms with Gasteiger partial charge in [-0.15, -0.1) is 0 Å². The number of fused-ring (bicyclic) bond motifs is 2. The van der Waals surface area contributed by atoms with Gasteiger partial charge in [-0.05, 0) is 0 Å². The maximum atomic E-state index is 15.3. The average Bonchev–Trinajstić information content (AvgIpc) is 2.97. The summed E-state index contributed by atoms with van der Waals surface area (Å²) in [5, 5.41) is -9.63. The third-order valence-corrected chi connectivity index (χ3v) is 6.36. The van der Waals surface area contributed by atoms with E-state index in [-0.39, 0.29) is 0 Å². The lowest BCUT2D eigenvalue weighted by Crippen LogP contribution is -2.11. The van der Waals surface area contributed by atoms with Crippen LogP contribution in [0.4, 0.5) is 74.6 Å². The highest BCUT2D eigenvalue weighted by Crippen LogP contribution is 2.51. The minimum atomic E-state index is -3.02. The summed E-state index contributed by atoms with van der Waals surface area (Å²) in [4.78, 5) is 0. The van der Waals surface area contributed by atoms with Gasteiger partial charge in [0.1, 0.15) is 0 Å². The Kier molecular flexibility index (Phi) is 6.77. The molecule has 5 rings (SSSR count). The highest BCUT2D eigenvalue weighted by Gasteiger charge is 2.38. The first-order valence-electron chi connectivity index (χ1n) is 10.8. The van der Waals surface area contributed by atoms with E-state index >= 15 is 17.6 Å². The van der Waals surface area contributed by atoms with E-state index in [1.165, 1.54) is 0 Å². The predicted octanol–water partition coefficient (Wildman–Crippen LogP) is 9.69. The van der Waals surface area contributed by atoms with Crippen LogP contribution < -0.4 is 0 Å². The third-order valence-electron chi connectivity index (χ3n) is 6.36. The summed E-state index contributed by atoms with van der Waals surface area (Å²) in [5.41, 5.74) is -9.82. The van der Waals surface area contributed by atoms with Crippen molar-refractivity contribution in [3.05, 3.63) is 105 Å². The van der Waals surface area contributed by atoms with E-state index in [1.807, 2.05) is 0 Å². The van der Waals surface area contributed by atoms with Gasteiger partial charge in [-0.2, -0.15) is 0 Å². The third kappa shape index (κ3) is 3.78. The molecule has 0 bridgehead atoms. The summed E-state index contributed by atoms with van der Waals surface area (Å²) in [6.07, 6.45) is 0. The summed E-state index contributed by atoms with van der Waals surface area (Å²) in [6, 6.07) is -0.532. The molecule has 0 aromatic heterocycles. The highest BCUT2D eigenvalue weighted by molar-refractivity contribution is 6.22. The van der Waals surface area contributed by atoms with Gasteiger partial charge in [0.15, 0.2) is 93.1 Å². The van der Waals surface area contributed by atoms with Crippen LogP contribution in [0, 0.1) is 98.9 Å². The van der Waals surface area contributed by atoms with Gasteiger partial charge >= 0.3 is 0 Å². The van der Waals surface area contributed by atoms with E-state index in [9.17, 15) is 57.1 Å². The molecule has 0 unspecified atom stereocenters. The van der Waals surface area contributed by atoms with E-state index in [0.29, 0.717) is 0 Å². The van der Waals surface area contributed by atoms with Gasteiger partial charge in [-0.1, -0.05) is 0 Å². The van der Waals surface area contributed by atoms with Gasteiger partial charge in [-0.25, -0.2) is 74.6 Å². The van der Waals surface area contributed by atoms with Crippen LogP contribution in [0.1, 0.15) is 0 Å². The number of halogens is 17. The molecule has 0 nitrogen and oxygen atoms in total. The zero-order valence-electron chi connectivity index (χ0n) is 19.5. The smallest absolute Gasteiger partial charge is 0.200 e. The van der Waals surface area contributed by atoms with E-state index in [4.69, 9.17) is 0 Å². The topological polar surface area (TPSA) is 0 Å². The van der Waals surface area contributed by atoms with Crippen LogP contribution >= 0.6 is 0 Å². The van der Waals surface area contributed by atoms with Crippen molar-refractivity contribution in [2.45, 2.75) is 0 Å². The van der Waals surface area contributed by atoms with Crippen molar-refractivity contribution in [1.82, 2.24) is 0 Å². The molecular weight excluding hydrogens is 635 g/mol. The monoisotopic (exact) mass is 636 g/mol. The molecule has 43 heavy (non-hydrogen) atoms.